The number of rotatable bonds is 5. The van der Waals surface area contributed by atoms with Gasteiger partial charge in [-0.25, -0.2) is 0 Å². The summed E-state index contributed by atoms with van der Waals surface area (Å²) in [6, 6.07) is 12.2. The summed E-state index contributed by atoms with van der Waals surface area (Å²) < 4.78 is 6.04. The topological polar surface area (TPSA) is 81.4 Å². The summed E-state index contributed by atoms with van der Waals surface area (Å²) >= 11 is 3.38. The highest BCUT2D eigenvalue weighted by molar-refractivity contribution is 9.10. The zero-order valence-electron chi connectivity index (χ0n) is 11.9. The van der Waals surface area contributed by atoms with Crippen molar-refractivity contribution in [2.24, 2.45) is 5.73 Å². The molecule has 114 valence electrons. The van der Waals surface area contributed by atoms with Crippen molar-refractivity contribution in [3.8, 4) is 5.75 Å². The van der Waals surface area contributed by atoms with Crippen molar-refractivity contribution in [1.29, 1.82) is 0 Å². The number of nitrogens with one attached hydrogen (secondary N) is 1. The molecule has 22 heavy (non-hydrogen) atoms. The molecule has 0 saturated heterocycles. The van der Waals surface area contributed by atoms with Crippen molar-refractivity contribution < 1.29 is 14.3 Å². The Morgan fingerprint density at radius 3 is 2.50 bits per heavy atom. The van der Waals surface area contributed by atoms with Crippen molar-refractivity contribution in [2.75, 3.05) is 11.9 Å². The minimum Gasteiger partial charge on any atom is -0.484 e. The Morgan fingerprint density at radius 1 is 1.18 bits per heavy atom. The van der Waals surface area contributed by atoms with Crippen LogP contribution in [0.3, 0.4) is 0 Å². The molecule has 0 radical (unpaired) electrons. The fraction of sp³-hybridized carbons (Fsp3) is 0.125. The van der Waals surface area contributed by atoms with E-state index in [0.29, 0.717) is 11.3 Å². The van der Waals surface area contributed by atoms with E-state index >= 15 is 0 Å². The summed E-state index contributed by atoms with van der Waals surface area (Å²) in [6.45, 7) is 1.73. The highest BCUT2D eigenvalue weighted by Gasteiger charge is 2.08. The largest absolute Gasteiger partial charge is 0.484 e. The molecule has 0 heterocycles. The summed E-state index contributed by atoms with van der Waals surface area (Å²) in [7, 11) is 0. The van der Waals surface area contributed by atoms with E-state index in [2.05, 4.69) is 21.2 Å². The number of nitrogens with two attached hydrogens (primary N) is 1. The molecule has 0 atom stereocenters. The van der Waals surface area contributed by atoms with Crippen LogP contribution in [0.1, 0.15) is 15.9 Å². The molecule has 0 aromatic heterocycles. The molecule has 2 aromatic carbocycles. The first-order valence-electron chi connectivity index (χ1n) is 6.54. The molecule has 5 nitrogen and oxygen atoms in total. The van der Waals surface area contributed by atoms with E-state index in [9.17, 15) is 9.59 Å². The Hall–Kier alpha value is -2.34. The minimum absolute atomic E-state index is 0.192. The van der Waals surface area contributed by atoms with Gasteiger partial charge >= 0.3 is 0 Å². The second kappa shape index (κ2) is 7.09. The summed E-state index contributed by atoms with van der Waals surface area (Å²) in [6.07, 6.45) is 0. The van der Waals surface area contributed by atoms with Gasteiger partial charge in [0.15, 0.2) is 6.61 Å². The van der Waals surface area contributed by atoms with Crippen molar-refractivity contribution in [2.45, 2.75) is 6.92 Å². The van der Waals surface area contributed by atoms with Gasteiger partial charge in [0.2, 0.25) is 0 Å². The summed E-state index contributed by atoms with van der Waals surface area (Å²) in [5, 5.41) is 2.85. The molecule has 2 aromatic rings. The molecule has 6 heteroatoms. The van der Waals surface area contributed by atoms with Gasteiger partial charge in [-0.15, -0.1) is 0 Å². The number of primary amides is 1. The standard InChI is InChI=1S/C16H15BrN2O3/c1-10-2-5-12(17)8-14(10)19-16(21)11-3-6-13(7-4-11)22-9-15(18)20/h2-8H,9H2,1H3,(H2,18,20)(H,19,21). The molecule has 0 aliphatic heterocycles. The van der Waals surface area contributed by atoms with Crippen LogP contribution in [0.5, 0.6) is 5.75 Å². The van der Waals surface area contributed by atoms with Crippen LogP contribution >= 0.6 is 15.9 Å². The summed E-state index contributed by atoms with van der Waals surface area (Å²) in [5.74, 6) is -0.288. The van der Waals surface area contributed by atoms with E-state index in [0.717, 1.165) is 15.7 Å². The van der Waals surface area contributed by atoms with Crippen LogP contribution in [0.15, 0.2) is 46.9 Å². The van der Waals surface area contributed by atoms with Gasteiger partial charge in [0, 0.05) is 15.7 Å². The quantitative estimate of drug-likeness (QED) is 0.857. The molecular weight excluding hydrogens is 348 g/mol. The van der Waals surface area contributed by atoms with E-state index in [4.69, 9.17) is 10.5 Å². The van der Waals surface area contributed by atoms with Gasteiger partial charge in [-0.3, -0.25) is 9.59 Å². The lowest BCUT2D eigenvalue weighted by atomic mass is 10.1. The predicted octanol–water partition coefficient (Wildman–Crippen LogP) is 2.87. The zero-order chi connectivity index (χ0) is 16.1. The first-order chi connectivity index (χ1) is 10.5. The number of amides is 2. The molecule has 0 spiro atoms. The first-order valence-corrected chi connectivity index (χ1v) is 7.33. The van der Waals surface area contributed by atoms with Gasteiger partial charge in [0.25, 0.3) is 11.8 Å². The summed E-state index contributed by atoms with van der Waals surface area (Å²) in [4.78, 5) is 22.9. The van der Waals surface area contributed by atoms with Crippen LogP contribution in [0, 0.1) is 6.92 Å². The van der Waals surface area contributed by atoms with Gasteiger partial charge < -0.3 is 15.8 Å². The lowest BCUT2D eigenvalue weighted by Crippen LogP contribution is -2.20. The van der Waals surface area contributed by atoms with Crippen molar-refractivity contribution >= 4 is 33.4 Å². The van der Waals surface area contributed by atoms with E-state index in [-0.39, 0.29) is 12.5 Å². The number of ether oxygens (including phenoxy) is 1. The number of carbonyl (C=O) groups excluding carboxylic acids is 2. The number of carbonyl (C=O) groups is 2. The summed E-state index contributed by atoms with van der Waals surface area (Å²) in [5.41, 5.74) is 7.20. The Balaban J connectivity index is 2.06. The Labute approximate surface area is 136 Å². The van der Waals surface area contributed by atoms with Crippen LogP contribution in [0.2, 0.25) is 0 Å². The number of anilines is 1. The molecule has 0 fully saturated rings. The number of hydrogen-bond acceptors (Lipinski definition) is 3. The van der Waals surface area contributed by atoms with Crippen LogP contribution in [0.4, 0.5) is 5.69 Å². The van der Waals surface area contributed by atoms with Crippen LogP contribution in [-0.2, 0) is 4.79 Å². The highest BCUT2D eigenvalue weighted by atomic mass is 79.9. The van der Waals surface area contributed by atoms with E-state index in [1.54, 1.807) is 24.3 Å². The normalized spacial score (nSPS) is 10.1. The number of aryl methyl sites for hydroxylation is 1. The monoisotopic (exact) mass is 362 g/mol. The van der Waals surface area contributed by atoms with Crippen molar-refractivity contribution in [3.05, 3.63) is 58.1 Å². The first kappa shape index (κ1) is 16.0. The third kappa shape index (κ3) is 4.33. The lowest BCUT2D eigenvalue weighted by Gasteiger charge is -2.09. The third-order valence-electron chi connectivity index (χ3n) is 2.95. The maximum Gasteiger partial charge on any atom is 0.255 e. The SMILES string of the molecule is Cc1ccc(Br)cc1NC(=O)c1ccc(OCC(N)=O)cc1. The molecule has 0 aliphatic rings. The average molecular weight is 363 g/mol. The van der Waals surface area contributed by atoms with Gasteiger partial charge in [-0.1, -0.05) is 22.0 Å². The molecular formula is C16H15BrN2O3. The number of halogens is 1. The smallest absolute Gasteiger partial charge is 0.255 e. The maximum absolute atomic E-state index is 12.2. The Bertz CT molecular complexity index is 699. The molecule has 2 amide bonds. The fourth-order valence-electron chi connectivity index (χ4n) is 1.78. The van der Waals surface area contributed by atoms with Crippen LogP contribution in [-0.4, -0.2) is 18.4 Å². The van der Waals surface area contributed by atoms with Crippen molar-refractivity contribution in [1.82, 2.24) is 0 Å². The maximum atomic E-state index is 12.2. The van der Waals surface area contributed by atoms with Gasteiger partial charge in [0.05, 0.1) is 0 Å². The Morgan fingerprint density at radius 2 is 1.86 bits per heavy atom. The second-order valence-corrected chi connectivity index (χ2v) is 5.61. The van der Waals surface area contributed by atoms with Gasteiger partial charge in [-0.2, -0.15) is 0 Å². The molecule has 0 aliphatic carbocycles. The third-order valence-corrected chi connectivity index (χ3v) is 3.44. The number of benzene rings is 2. The number of hydrogen-bond donors (Lipinski definition) is 2. The van der Waals surface area contributed by atoms with Gasteiger partial charge in [0.1, 0.15) is 5.75 Å². The highest BCUT2D eigenvalue weighted by Crippen LogP contribution is 2.21. The zero-order valence-corrected chi connectivity index (χ0v) is 13.5. The van der Waals surface area contributed by atoms with E-state index in [1.807, 2.05) is 25.1 Å². The van der Waals surface area contributed by atoms with Gasteiger partial charge in [-0.05, 0) is 48.9 Å². The molecule has 0 bridgehead atoms. The molecule has 3 N–H and O–H groups in total. The van der Waals surface area contributed by atoms with Crippen LogP contribution < -0.4 is 15.8 Å². The minimum atomic E-state index is -0.549. The molecule has 0 saturated carbocycles. The fourth-order valence-corrected chi connectivity index (χ4v) is 2.14. The Kier molecular flexibility index (Phi) is 5.16. The average Bonchev–Trinajstić information content (AvgIpc) is 2.49. The van der Waals surface area contributed by atoms with E-state index < -0.39 is 5.91 Å². The molecule has 2 rings (SSSR count). The van der Waals surface area contributed by atoms with Crippen LogP contribution in [0.25, 0.3) is 0 Å². The van der Waals surface area contributed by atoms with E-state index in [1.165, 1.54) is 0 Å². The van der Waals surface area contributed by atoms with Crippen molar-refractivity contribution in [3.63, 3.8) is 0 Å². The second-order valence-electron chi connectivity index (χ2n) is 4.69. The predicted molar refractivity (Wildman–Crippen MR) is 88.0 cm³/mol. The molecule has 0 unspecified atom stereocenters. The lowest BCUT2D eigenvalue weighted by molar-refractivity contribution is -0.119.